The van der Waals surface area contributed by atoms with E-state index in [1.807, 2.05) is 19.0 Å². The summed E-state index contributed by atoms with van der Waals surface area (Å²) in [5.74, 6) is -1.05. The Hall–Kier alpha value is -3.64. The Morgan fingerprint density at radius 2 is 2.02 bits per heavy atom. The van der Waals surface area contributed by atoms with E-state index in [2.05, 4.69) is 20.0 Å². The molecule has 0 aliphatic carbocycles. The Morgan fingerprint density at radius 1 is 1.25 bits per heavy atom. The van der Waals surface area contributed by atoms with Gasteiger partial charge in [0.2, 0.25) is 11.9 Å². The van der Waals surface area contributed by atoms with Crippen molar-refractivity contribution < 1.29 is 27.5 Å². The van der Waals surface area contributed by atoms with Crippen molar-refractivity contribution in [3.8, 4) is 5.75 Å². The second kappa shape index (κ2) is 12.3. The third kappa shape index (κ3) is 7.30. The van der Waals surface area contributed by atoms with E-state index < -0.39 is 18.0 Å². The fraction of sp³-hybridized carbons (Fsp3) is 0.407. The molecule has 214 valence electrons. The number of fused-ring (bicyclic) bond motifs is 1. The van der Waals surface area contributed by atoms with Crippen LogP contribution < -0.4 is 10.1 Å². The maximum absolute atomic E-state index is 13.2. The summed E-state index contributed by atoms with van der Waals surface area (Å²) in [6, 6.07) is 4.98. The summed E-state index contributed by atoms with van der Waals surface area (Å²) in [7, 11) is 3.80. The number of benzene rings is 1. The van der Waals surface area contributed by atoms with Gasteiger partial charge in [0.1, 0.15) is 5.75 Å². The molecule has 1 atom stereocenters. The van der Waals surface area contributed by atoms with Gasteiger partial charge in [-0.15, -0.1) is 13.2 Å². The number of likely N-dealkylation sites (N-methyl/N-ethyl adjacent to an activating group) is 1. The summed E-state index contributed by atoms with van der Waals surface area (Å²) < 4.78 is 44.6. The molecule has 3 heterocycles. The van der Waals surface area contributed by atoms with E-state index >= 15 is 0 Å². The zero-order valence-corrected chi connectivity index (χ0v) is 23.1. The largest absolute Gasteiger partial charge is 0.573 e. The van der Waals surface area contributed by atoms with Crippen molar-refractivity contribution in [3.05, 3.63) is 58.9 Å². The molecule has 1 saturated heterocycles. The van der Waals surface area contributed by atoms with Crippen molar-refractivity contribution >= 4 is 40.4 Å². The number of carbonyl (C=O) groups is 2. The molecule has 4 rings (SSSR count). The normalized spacial score (nSPS) is 16.5. The third-order valence-corrected chi connectivity index (χ3v) is 6.67. The fourth-order valence-corrected chi connectivity index (χ4v) is 4.95. The van der Waals surface area contributed by atoms with Crippen molar-refractivity contribution in [2.45, 2.75) is 38.6 Å². The van der Waals surface area contributed by atoms with Gasteiger partial charge in [0.15, 0.2) is 0 Å². The molecular weight excluding hydrogens is 549 g/mol. The van der Waals surface area contributed by atoms with Crippen molar-refractivity contribution in [3.63, 3.8) is 0 Å². The first-order valence-electron chi connectivity index (χ1n) is 12.7. The van der Waals surface area contributed by atoms with Crippen LogP contribution in [-0.2, 0) is 4.79 Å². The molecule has 2 amide bonds. The first-order chi connectivity index (χ1) is 18.9. The highest BCUT2D eigenvalue weighted by atomic mass is 35.5. The van der Waals surface area contributed by atoms with Crippen molar-refractivity contribution in [1.29, 1.82) is 0 Å². The molecule has 0 bridgehead atoms. The highest BCUT2D eigenvalue weighted by Gasteiger charge is 2.33. The van der Waals surface area contributed by atoms with E-state index in [0.29, 0.717) is 42.8 Å². The molecule has 2 aromatic heterocycles. The van der Waals surface area contributed by atoms with Crippen LogP contribution in [0.25, 0.3) is 11.0 Å². The number of aromatic nitrogens is 3. The van der Waals surface area contributed by atoms with Gasteiger partial charge < -0.3 is 19.1 Å². The number of hydrogen-bond donors (Lipinski definition) is 1. The van der Waals surface area contributed by atoms with Gasteiger partial charge >= 0.3 is 6.36 Å². The number of nitrogens with zero attached hydrogens (tertiary/aromatic N) is 5. The lowest BCUT2D eigenvalue weighted by atomic mass is 10.1. The average molecular weight is 579 g/mol. The molecule has 1 aliphatic rings. The van der Waals surface area contributed by atoms with Gasteiger partial charge in [-0.05, 0) is 52.4 Å². The van der Waals surface area contributed by atoms with Crippen molar-refractivity contribution in [1.82, 2.24) is 24.3 Å². The third-order valence-electron chi connectivity index (χ3n) is 6.38. The van der Waals surface area contributed by atoms with Gasteiger partial charge in [-0.1, -0.05) is 17.7 Å². The van der Waals surface area contributed by atoms with Crippen molar-refractivity contribution in [2.24, 2.45) is 0 Å². The molecule has 1 N–H and O–H groups in total. The van der Waals surface area contributed by atoms with Crippen LogP contribution in [0.2, 0.25) is 5.02 Å². The summed E-state index contributed by atoms with van der Waals surface area (Å²) in [4.78, 5) is 38.4. The molecule has 0 radical (unpaired) electrons. The topological polar surface area (TPSA) is 92.6 Å². The lowest BCUT2D eigenvalue weighted by Gasteiger charge is -2.26. The van der Waals surface area contributed by atoms with Gasteiger partial charge in [-0.3, -0.25) is 19.9 Å². The van der Waals surface area contributed by atoms with E-state index in [1.54, 1.807) is 34.6 Å². The van der Waals surface area contributed by atoms with E-state index in [1.165, 1.54) is 12.3 Å². The molecule has 3 aromatic rings. The standard InChI is InChI=1S/C27H30ClF3N6O3/c1-17-13-18(9-10-32-17)25(39)34-26-33-22-15-20(40-27(29,30)31)14-21(28)24(22)37(26)19-7-4-5-12-36(16-19)23(38)8-6-11-35(2)3/h6,8-10,13-15,19H,4-5,7,11-12,16H2,1-3H3,(H,33,34,39)/b8-6+/t19-/m1/s1. The van der Waals surface area contributed by atoms with E-state index in [9.17, 15) is 22.8 Å². The average Bonchev–Trinajstić information content (AvgIpc) is 3.03. The monoisotopic (exact) mass is 578 g/mol. The van der Waals surface area contributed by atoms with Crippen LogP contribution in [0, 0.1) is 6.92 Å². The zero-order valence-electron chi connectivity index (χ0n) is 22.3. The predicted molar refractivity (Wildman–Crippen MR) is 146 cm³/mol. The second-order valence-corrected chi connectivity index (χ2v) is 10.3. The Balaban J connectivity index is 1.75. The molecule has 9 nitrogen and oxygen atoms in total. The first kappa shape index (κ1) is 29.3. The maximum Gasteiger partial charge on any atom is 0.573 e. The number of halogens is 4. The number of hydrogen-bond acceptors (Lipinski definition) is 6. The number of pyridine rings is 1. The molecule has 0 spiro atoms. The summed E-state index contributed by atoms with van der Waals surface area (Å²) in [5, 5.41) is 2.76. The smallest absolute Gasteiger partial charge is 0.406 e. The van der Waals surface area contributed by atoms with Gasteiger partial charge in [0.25, 0.3) is 5.91 Å². The van der Waals surface area contributed by atoms with Gasteiger partial charge in [0.05, 0.1) is 22.1 Å². The number of alkyl halides is 3. The lowest BCUT2D eigenvalue weighted by molar-refractivity contribution is -0.274. The Kier molecular flexibility index (Phi) is 8.99. The summed E-state index contributed by atoms with van der Waals surface area (Å²) >= 11 is 6.52. The van der Waals surface area contributed by atoms with Crippen LogP contribution in [-0.4, -0.2) is 76.2 Å². The van der Waals surface area contributed by atoms with Crippen LogP contribution in [0.5, 0.6) is 5.75 Å². The number of nitrogens with one attached hydrogen (secondary N) is 1. The quantitative estimate of drug-likeness (QED) is 0.387. The fourth-order valence-electron chi connectivity index (χ4n) is 4.65. The first-order valence-corrected chi connectivity index (χ1v) is 13.1. The number of amides is 2. The maximum atomic E-state index is 13.2. The molecule has 0 saturated carbocycles. The van der Waals surface area contributed by atoms with E-state index in [-0.39, 0.29) is 28.4 Å². The van der Waals surface area contributed by atoms with Crippen LogP contribution in [0.15, 0.2) is 42.6 Å². The zero-order chi connectivity index (χ0) is 29.0. The van der Waals surface area contributed by atoms with Crippen molar-refractivity contribution in [2.75, 3.05) is 39.0 Å². The van der Waals surface area contributed by atoms with E-state index in [4.69, 9.17) is 11.6 Å². The predicted octanol–water partition coefficient (Wildman–Crippen LogP) is 5.22. The highest BCUT2D eigenvalue weighted by Crippen LogP contribution is 2.37. The van der Waals surface area contributed by atoms with Crippen LogP contribution in [0.3, 0.4) is 0 Å². The number of likely N-dealkylation sites (tertiary alicyclic amines) is 1. The minimum absolute atomic E-state index is 0.0301. The summed E-state index contributed by atoms with van der Waals surface area (Å²) in [6.45, 7) is 3.20. The summed E-state index contributed by atoms with van der Waals surface area (Å²) in [5.41, 5.74) is 1.42. The van der Waals surface area contributed by atoms with Gasteiger partial charge in [-0.25, -0.2) is 4.98 Å². The van der Waals surface area contributed by atoms with Gasteiger partial charge in [-0.2, -0.15) is 0 Å². The van der Waals surface area contributed by atoms with Crippen LogP contribution in [0.1, 0.15) is 41.4 Å². The Morgan fingerprint density at radius 3 is 2.73 bits per heavy atom. The molecule has 0 unspecified atom stereocenters. The highest BCUT2D eigenvalue weighted by molar-refractivity contribution is 6.35. The molecule has 1 aromatic carbocycles. The number of anilines is 1. The molecule has 1 fully saturated rings. The minimum atomic E-state index is -4.92. The molecule has 40 heavy (non-hydrogen) atoms. The SMILES string of the molecule is Cc1cc(C(=O)Nc2nc3cc(OC(F)(F)F)cc(Cl)c3n2[C@@H]2CCCCN(C(=O)/C=C/CN(C)C)C2)ccn1. The Labute approximate surface area is 234 Å². The number of imidazole rings is 1. The molecule has 1 aliphatic heterocycles. The number of carbonyl (C=O) groups excluding carboxylic acids is 2. The van der Waals surface area contributed by atoms with E-state index in [0.717, 1.165) is 25.0 Å². The second-order valence-electron chi connectivity index (χ2n) is 9.86. The molecule has 13 heteroatoms. The number of rotatable bonds is 7. The van der Waals surface area contributed by atoms with Crippen LogP contribution in [0.4, 0.5) is 19.1 Å². The number of ether oxygens (including phenoxy) is 1. The summed E-state index contributed by atoms with van der Waals surface area (Å²) in [6.07, 6.45) is 2.09. The number of aryl methyl sites for hydroxylation is 1. The lowest BCUT2D eigenvalue weighted by Crippen LogP contribution is -2.34. The molecular formula is C27H30ClF3N6O3. The van der Waals surface area contributed by atoms with Crippen LogP contribution >= 0.6 is 11.6 Å². The van der Waals surface area contributed by atoms with Gasteiger partial charge in [0, 0.05) is 55.3 Å². The Bertz CT molecular complexity index is 1420. The minimum Gasteiger partial charge on any atom is -0.406 e.